The van der Waals surface area contributed by atoms with E-state index in [2.05, 4.69) is 21.3 Å². The number of carbonyl (C=O) groups is 1. The van der Waals surface area contributed by atoms with Crippen LogP contribution in [0, 0.1) is 11.3 Å². The highest BCUT2D eigenvalue weighted by Gasteiger charge is 2.15. The Labute approximate surface area is 167 Å². The molecule has 1 aromatic carbocycles. The van der Waals surface area contributed by atoms with Crippen LogP contribution in [0.15, 0.2) is 55.0 Å². The molecule has 0 spiro atoms. The minimum Gasteiger partial charge on any atom is -0.455 e. The van der Waals surface area contributed by atoms with E-state index in [-0.39, 0.29) is 12.6 Å². The number of ether oxygens (including phenoxy) is 1. The minimum atomic E-state index is -0.478. The van der Waals surface area contributed by atoms with Gasteiger partial charge in [-0.25, -0.2) is 9.48 Å². The van der Waals surface area contributed by atoms with E-state index in [1.165, 1.54) is 6.20 Å². The number of nitrogens with zero attached hydrogens (tertiary/aromatic N) is 6. The van der Waals surface area contributed by atoms with Crippen molar-refractivity contribution in [3.05, 3.63) is 71.9 Å². The maximum absolute atomic E-state index is 12.3. The fourth-order valence-corrected chi connectivity index (χ4v) is 3.02. The number of esters is 1. The van der Waals surface area contributed by atoms with Gasteiger partial charge in [-0.05, 0) is 44.2 Å². The first kappa shape index (κ1) is 18.4. The van der Waals surface area contributed by atoms with Crippen LogP contribution in [0.4, 0.5) is 0 Å². The lowest BCUT2D eigenvalue weighted by Gasteiger charge is -2.07. The molecule has 0 aliphatic carbocycles. The fraction of sp³-hybridized carbons (Fsp3) is 0.190. The van der Waals surface area contributed by atoms with Gasteiger partial charge in [-0.15, -0.1) is 0 Å². The van der Waals surface area contributed by atoms with E-state index in [4.69, 9.17) is 4.74 Å². The average Bonchev–Trinajstić information content (AvgIpc) is 3.37. The molecule has 0 aliphatic heterocycles. The highest BCUT2D eigenvalue weighted by Crippen LogP contribution is 2.24. The van der Waals surface area contributed by atoms with E-state index in [0.717, 1.165) is 16.6 Å². The first-order valence-corrected chi connectivity index (χ1v) is 9.11. The molecule has 4 rings (SSSR count). The second-order valence-corrected chi connectivity index (χ2v) is 6.77. The molecule has 0 N–H and O–H groups in total. The standard InChI is InChI=1S/C21H18N6O2/c1-14(2)27-20-7-6-17(9-18(20)19(10-22)25-27)26-12-15(11-24-26)21(28)29-13-16-5-3-4-8-23-16/h3-9,11-12,14H,13H2,1-2H3. The zero-order chi connectivity index (χ0) is 20.4. The van der Waals surface area contributed by atoms with Gasteiger partial charge in [-0.1, -0.05) is 6.07 Å². The van der Waals surface area contributed by atoms with Gasteiger partial charge in [0.1, 0.15) is 12.7 Å². The van der Waals surface area contributed by atoms with Crippen molar-refractivity contribution in [2.75, 3.05) is 0 Å². The predicted octanol–water partition coefficient (Wildman–Crippen LogP) is 3.43. The van der Waals surface area contributed by atoms with Gasteiger partial charge in [-0.2, -0.15) is 15.5 Å². The van der Waals surface area contributed by atoms with Gasteiger partial charge in [0.15, 0.2) is 5.69 Å². The van der Waals surface area contributed by atoms with E-state index in [1.807, 2.05) is 42.8 Å². The van der Waals surface area contributed by atoms with Crippen LogP contribution in [0.1, 0.15) is 41.6 Å². The van der Waals surface area contributed by atoms with Crippen LogP contribution in [-0.2, 0) is 11.3 Å². The van der Waals surface area contributed by atoms with Crippen molar-refractivity contribution in [3.8, 4) is 11.8 Å². The maximum atomic E-state index is 12.3. The monoisotopic (exact) mass is 386 g/mol. The Kier molecular flexibility index (Phi) is 4.79. The summed E-state index contributed by atoms with van der Waals surface area (Å²) in [7, 11) is 0. The molecule has 0 aliphatic rings. The van der Waals surface area contributed by atoms with Crippen molar-refractivity contribution in [1.29, 1.82) is 5.26 Å². The van der Waals surface area contributed by atoms with E-state index < -0.39 is 5.97 Å². The summed E-state index contributed by atoms with van der Waals surface area (Å²) < 4.78 is 8.68. The summed E-state index contributed by atoms with van der Waals surface area (Å²) in [5, 5.41) is 18.8. The molecule has 3 aromatic heterocycles. The number of carbonyl (C=O) groups excluding carboxylic acids is 1. The average molecular weight is 386 g/mol. The molecule has 0 amide bonds. The lowest BCUT2D eigenvalue weighted by molar-refractivity contribution is 0.0467. The Balaban J connectivity index is 1.58. The summed E-state index contributed by atoms with van der Waals surface area (Å²) in [6.07, 6.45) is 4.70. The fourth-order valence-electron chi connectivity index (χ4n) is 3.02. The SMILES string of the molecule is CC(C)n1nc(C#N)c2cc(-n3cc(C(=O)OCc4ccccn4)cn3)ccc21. The topological polar surface area (TPSA) is 98.6 Å². The quantitative estimate of drug-likeness (QED) is 0.487. The Morgan fingerprint density at radius 2 is 2.14 bits per heavy atom. The Bertz CT molecular complexity index is 1220. The van der Waals surface area contributed by atoms with Crippen molar-refractivity contribution in [3.63, 3.8) is 0 Å². The van der Waals surface area contributed by atoms with Gasteiger partial charge in [-0.3, -0.25) is 9.67 Å². The zero-order valence-electron chi connectivity index (χ0n) is 16.0. The molecule has 8 nitrogen and oxygen atoms in total. The summed E-state index contributed by atoms with van der Waals surface area (Å²) in [5.41, 5.74) is 2.96. The summed E-state index contributed by atoms with van der Waals surface area (Å²) >= 11 is 0. The maximum Gasteiger partial charge on any atom is 0.341 e. The molecule has 3 heterocycles. The minimum absolute atomic E-state index is 0.0940. The second-order valence-electron chi connectivity index (χ2n) is 6.77. The van der Waals surface area contributed by atoms with Crippen molar-refractivity contribution in [2.45, 2.75) is 26.5 Å². The number of nitriles is 1. The number of hydrogen-bond acceptors (Lipinski definition) is 6. The largest absolute Gasteiger partial charge is 0.455 e. The summed E-state index contributed by atoms with van der Waals surface area (Å²) in [6, 6.07) is 13.3. The summed E-state index contributed by atoms with van der Waals surface area (Å²) in [4.78, 5) is 16.4. The lowest BCUT2D eigenvalue weighted by Crippen LogP contribution is -2.05. The Morgan fingerprint density at radius 3 is 2.86 bits per heavy atom. The molecule has 0 radical (unpaired) electrons. The van der Waals surface area contributed by atoms with Gasteiger partial charge in [0.05, 0.1) is 28.7 Å². The van der Waals surface area contributed by atoms with Gasteiger partial charge in [0.25, 0.3) is 0 Å². The van der Waals surface area contributed by atoms with E-state index in [1.54, 1.807) is 29.2 Å². The zero-order valence-corrected chi connectivity index (χ0v) is 16.0. The lowest BCUT2D eigenvalue weighted by atomic mass is 10.2. The molecule has 0 saturated heterocycles. The molecule has 8 heteroatoms. The van der Waals surface area contributed by atoms with Crippen LogP contribution in [0.3, 0.4) is 0 Å². The van der Waals surface area contributed by atoms with Gasteiger partial charge in [0.2, 0.25) is 0 Å². The third kappa shape index (κ3) is 3.58. The highest BCUT2D eigenvalue weighted by molar-refractivity contribution is 5.89. The van der Waals surface area contributed by atoms with E-state index in [0.29, 0.717) is 17.0 Å². The molecule has 144 valence electrons. The van der Waals surface area contributed by atoms with Crippen molar-refractivity contribution >= 4 is 16.9 Å². The summed E-state index contributed by atoms with van der Waals surface area (Å²) in [6.45, 7) is 4.12. The second kappa shape index (κ2) is 7.56. The van der Waals surface area contributed by atoms with Crippen molar-refractivity contribution in [2.24, 2.45) is 0 Å². The third-order valence-corrected chi connectivity index (χ3v) is 4.44. The number of fused-ring (bicyclic) bond motifs is 1. The number of benzene rings is 1. The normalized spacial score (nSPS) is 11.0. The number of rotatable bonds is 5. The molecule has 0 unspecified atom stereocenters. The van der Waals surface area contributed by atoms with Crippen LogP contribution >= 0.6 is 0 Å². The van der Waals surface area contributed by atoms with Gasteiger partial charge < -0.3 is 4.74 Å². The van der Waals surface area contributed by atoms with Crippen LogP contribution in [0.5, 0.6) is 0 Å². The van der Waals surface area contributed by atoms with Gasteiger partial charge >= 0.3 is 5.97 Å². The first-order chi connectivity index (χ1) is 14.1. The van der Waals surface area contributed by atoms with Gasteiger partial charge in [0, 0.05) is 23.8 Å². The van der Waals surface area contributed by atoms with Crippen LogP contribution in [0.2, 0.25) is 0 Å². The predicted molar refractivity (Wildman–Crippen MR) is 105 cm³/mol. The highest BCUT2D eigenvalue weighted by atomic mass is 16.5. The molecule has 0 fully saturated rings. The summed E-state index contributed by atoms with van der Waals surface area (Å²) in [5.74, 6) is -0.478. The molecule has 29 heavy (non-hydrogen) atoms. The molecular weight excluding hydrogens is 368 g/mol. The molecule has 4 aromatic rings. The molecule has 0 atom stereocenters. The van der Waals surface area contributed by atoms with Crippen LogP contribution in [-0.4, -0.2) is 30.5 Å². The molecule has 0 bridgehead atoms. The third-order valence-electron chi connectivity index (χ3n) is 4.44. The van der Waals surface area contributed by atoms with Crippen molar-refractivity contribution in [1.82, 2.24) is 24.5 Å². The van der Waals surface area contributed by atoms with Crippen LogP contribution < -0.4 is 0 Å². The Hall–Kier alpha value is -3.99. The van der Waals surface area contributed by atoms with E-state index >= 15 is 0 Å². The molecule has 0 saturated carbocycles. The van der Waals surface area contributed by atoms with Crippen LogP contribution in [0.25, 0.3) is 16.6 Å². The Morgan fingerprint density at radius 1 is 1.28 bits per heavy atom. The first-order valence-electron chi connectivity index (χ1n) is 9.11. The van der Waals surface area contributed by atoms with E-state index in [9.17, 15) is 10.1 Å². The number of aromatic nitrogens is 5. The number of hydrogen-bond donors (Lipinski definition) is 0. The smallest absolute Gasteiger partial charge is 0.341 e. The molecular formula is C21H18N6O2. The van der Waals surface area contributed by atoms with Crippen molar-refractivity contribution < 1.29 is 9.53 Å². The number of pyridine rings is 1.